The van der Waals surface area contributed by atoms with Gasteiger partial charge < -0.3 is 4.74 Å². The zero-order valence-corrected chi connectivity index (χ0v) is 8.66. The number of hydrogen-bond donors (Lipinski definition) is 0. The van der Waals surface area contributed by atoms with E-state index in [0.717, 1.165) is 0 Å². The molecule has 78 valence electrons. The van der Waals surface area contributed by atoms with Gasteiger partial charge in [0.15, 0.2) is 0 Å². The van der Waals surface area contributed by atoms with Crippen molar-refractivity contribution in [3.05, 3.63) is 24.8 Å². The van der Waals surface area contributed by atoms with Crippen LogP contribution < -0.4 is 0 Å². The molecule has 14 heavy (non-hydrogen) atoms. The lowest BCUT2D eigenvalue weighted by atomic mass is 10.0. The first-order valence-corrected chi connectivity index (χ1v) is 4.52. The van der Waals surface area contributed by atoms with Gasteiger partial charge in [0.25, 0.3) is 0 Å². The predicted octanol–water partition coefficient (Wildman–Crippen LogP) is 1.89. The van der Waals surface area contributed by atoms with Crippen LogP contribution in [-0.2, 0) is 14.3 Å². The average Bonchev–Trinajstić information content (AvgIpc) is 2.13. The maximum atomic E-state index is 11.3. The Bertz CT molecular complexity index is 241. The zero-order valence-electron chi connectivity index (χ0n) is 8.66. The Labute approximate surface area is 84.4 Å². The van der Waals surface area contributed by atoms with E-state index in [2.05, 4.69) is 6.58 Å². The van der Waals surface area contributed by atoms with Crippen molar-refractivity contribution in [2.45, 2.75) is 20.3 Å². The van der Waals surface area contributed by atoms with Gasteiger partial charge in [0, 0.05) is 0 Å². The van der Waals surface area contributed by atoms with Crippen LogP contribution in [0.5, 0.6) is 0 Å². The number of allylic oxidation sites excluding steroid dienone is 2. The van der Waals surface area contributed by atoms with Crippen molar-refractivity contribution in [2.24, 2.45) is 5.92 Å². The highest BCUT2D eigenvalue weighted by atomic mass is 16.5. The summed E-state index contributed by atoms with van der Waals surface area (Å²) in [5, 5.41) is 0. The van der Waals surface area contributed by atoms with Crippen molar-refractivity contribution in [3.63, 3.8) is 0 Å². The van der Waals surface area contributed by atoms with Gasteiger partial charge in [0.1, 0.15) is 18.3 Å². The van der Waals surface area contributed by atoms with Crippen molar-refractivity contribution < 1.29 is 14.3 Å². The first kappa shape index (κ1) is 12.6. The van der Waals surface area contributed by atoms with Gasteiger partial charge in [-0.3, -0.25) is 9.59 Å². The quantitative estimate of drug-likeness (QED) is 0.370. The monoisotopic (exact) mass is 196 g/mol. The number of esters is 1. The molecule has 0 aromatic carbocycles. The zero-order chi connectivity index (χ0) is 11.0. The van der Waals surface area contributed by atoms with Gasteiger partial charge in [-0.1, -0.05) is 18.2 Å². The van der Waals surface area contributed by atoms with E-state index >= 15 is 0 Å². The molecule has 0 radical (unpaired) electrons. The molecule has 0 spiro atoms. The lowest BCUT2D eigenvalue weighted by molar-refractivity contribution is -0.150. The van der Waals surface area contributed by atoms with Gasteiger partial charge in [-0.2, -0.15) is 0 Å². The SMILES string of the molecule is C=CCC(C(C)=O)C(=O)OC/C=C/C. The van der Waals surface area contributed by atoms with E-state index in [-0.39, 0.29) is 12.4 Å². The number of Topliss-reactive ketones (excluding diaryl/α,β-unsaturated/α-hetero) is 1. The summed E-state index contributed by atoms with van der Waals surface area (Å²) in [5.74, 6) is -1.36. The van der Waals surface area contributed by atoms with Crippen LogP contribution in [0.3, 0.4) is 0 Å². The van der Waals surface area contributed by atoms with Crippen molar-refractivity contribution in [1.82, 2.24) is 0 Å². The highest BCUT2D eigenvalue weighted by molar-refractivity contribution is 5.97. The van der Waals surface area contributed by atoms with Crippen molar-refractivity contribution >= 4 is 11.8 Å². The third kappa shape index (κ3) is 4.60. The summed E-state index contributed by atoms with van der Waals surface area (Å²) in [6, 6.07) is 0. The normalized spacial score (nSPS) is 12.4. The minimum Gasteiger partial charge on any atom is -0.461 e. The summed E-state index contributed by atoms with van der Waals surface area (Å²) in [6.07, 6.45) is 5.37. The second kappa shape index (κ2) is 7.06. The van der Waals surface area contributed by atoms with E-state index < -0.39 is 11.9 Å². The summed E-state index contributed by atoms with van der Waals surface area (Å²) < 4.78 is 4.86. The van der Waals surface area contributed by atoms with Crippen LogP contribution in [0.4, 0.5) is 0 Å². The van der Waals surface area contributed by atoms with Crippen LogP contribution >= 0.6 is 0 Å². The van der Waals surface area contributed by atoms with Gasteiger partial charge in [0.2, 0.25) is 0 Å². The fraction of sp³-hybridized carbons (Fsp3) is 0.455. The Hall–Kier alpha value is -1.38. The summed E-state index contributed by atoms with van der Waals surface area (Å²) in [4.78, 5) is 22.4. The third-order valence-corrected chi connectivity index (χ3v) is 1.74. The fourth-order valence-electron chi connectivity index (χ4n) is 0.922. The summed E-state index contributed by atoms with van der Waals surface area (Å²) in [5.41, 5.74) is 0. The maximum Gasteiger partial charge on any atom is 0.317 e. The van der Waals surface area contributed by atoms with Gasteiger partial charge in [-0.25, -0.2) is 0 Å². The van der Waals surface area contributed by atoms with Gasteiger partial charge in [-0.15, -0.1) is 6.58 Å². The Morgan fingerprint density at radius 3 is 2.57 bits per heavy atom. The van der Waals surface area contributed by atoms with Crippen molar-refractivity contribution in [2.75, 3.05) is 6.61 Å². The minimum atomic E-state index is -0.697. The van der Waals surface area contributed by atoms with Crippen molar-refractivity contribution in [3.8, 4) is 0 Å². The Morgan fingerprint density at radius 2 is 2.14 bits per heavy atom. The summed E-state index contributed by atoms with van der Waals surface area (Å²) in [7, 11) is 0. The standard InChI is InChI=1S/C11H16O3/c1-4-6-8-14-11(13)10(7-5-2)9(3)12/h4-6,10H,2,7-8H2,1,3H3/b6-4+. The molecular weight excluding hydrogens is 180 g/mol. The molecular formula is C11H16O3. The lowest BCUT2D eigenvalue weighted by Gasteiger charge is -2.09. The molecule has 3 heteroatoms. The second-order valence-electron chi connectivity index (χ2n) is 2.89. The third-order valence-electron chi connectivity index (χ3n) is 1.74. The Balaban J connectivity index is 4.15. The van der Waals surface area contributed by atoms with Crippen LogP contribution in [-0.4, -0.2) is 18.4 Å². The second-order valence-corrected chi connectivity index (χ2v) is 2.89. The van der Waals surface area contributed by atoms with E-state index in [1.165, 1.54) is 6.92 Å². The largest absolute Gasteiger partial charge is 0.461 e. The molecule has 0 aliphatic heterocycles. The Morgan fingerprint density at radius 1 is 1.50 bits per heavy atom. The van der Waals surface area contributed by atoms with Crippen LogP contribution in [0.25, 0.3) is 0 Å². The van der Waals surface area contributed by atoms with Crippen LogP contribution in [0.2, 0.25) is 0 Å². The van der Waals surface area contributed by atoms with Gasteiger partial charge >= 0.3 is 5.97 Å². The molecule has 0 aromatic rings. The Kier molecular flexibility index (Phi) is 6.37. The molecule has 0 fully saturated rings. The van der Waals surface area contributed by atoms with E-state index in [1.807, 2.05) is 6.92 Å². The minimum absolute atomic E-state index is 0.185. The van der Waals surface area contributed by atoms with E-state index in [0.29, 0.717) is 6.42 Å². The highest BCUT2D eigenvalue weighted by Crippen LogP contribution is 2.07. The number of ether oxygens (including phenoxy) is 1. The molecule has 0 heterocycles. The first-order chi connectivity index (χ1) is 6.63. The maximum absolute atomic E-state index is 11.3. The molecule has 0 saturated heterocycles. The number of carbonyl (C=O) groups is 2. The lowest BCUT2D eigenvalue weighted by Crippen LogP contribution is -2.23. The fourth-order valence-corrected chi connectivity index (χ4v) is 0.922. The molecule has 0 amide bonds. The summed E-state index contributed by atoms with van der Waals surface area (Å²) in [6.45, 7) is 6.92. The molecule has 0 aromatic heterocycles. The number of rotatable bonds is 6. The molecule has 0 bridgehead atoms. The molecule has 0 aliphatic rings. The highest BCUT2D eigenvalue weighted by Gasteiger charge is 2.22. The first-order valence-electron chi connectivity index (χ1n) is 4.52. The molecule has 0 N–H and O–H groups in total. The van der Waals surface area contributed by atoms with E-state index in [9.17, 15) is 9.59 Å². The predicted molar refractivity (Wildman–Crippen MR) is 54.8 cm³/mol. The van der Waals surface area contributed by atoms with E-state index in [1.54, 1.807) is 18.2 Å². The number of ketones is 1. The number of carbonyl (C=O) groups excluding carboxylic acids is 2. The molecule has 3 nitrogen and oxygen atoms in total. The molecule has 0 rings (SSSR count). The molecule has 0 aliphatic carbocycles. The smallest absolute Gasteiger partial charge is 0.317 e. The van der Waals surface area contributed by atoms with Crippen LogP contribution in [0, 0.1) is 5.92 Å². The van der Waals surface area contributed by atoms with Gasteiger partial charge in [0.05, 0.1) is 0 Å². The molecule has 1 atom stereocenters. The average molecular weight is 196 g/mol. The molecule has 0 saturated carbocycles. The van der Waals surface area contributed by atoms with E-state index in [4.69, 9.17) is 4.74 Å². The van der Waals surface area contributed by atoms with Crippen LogP contribution in [0.1, 0.15) is 20.3 Å². The molecule has 1 unspecified atom stereocenters. The summed E-state index contributed by atoms with van der Waals surface area (Å²) >= 11 is 0. The van der Waals surface area contributed by atoms with Gasteiger partial charge in [-0.05, 0) is 20.3 Å². The van der Waals surface area contributed by atoms with Crippen molar-refractivity contribution in [1.29, 1.82) is 0 Å². The van der Waals surface area contributed by atoms with Crippen LogP contribution in [0.15, 0.2) is 24.8 Å². The number of hydrogen-bond acceptors (Lipinski definition) is 3. The topological polar surface area (TPSA) is 43.4 Å².